The maximum atomic E-state index is 12.3. The highest BCUT2D eigenvalue weighted by Crippen LogP contribution is 2.38. The summed E-state index contributed by atoms with van der Waals surface area (Å²) in [5.41, 5.74) is 0.450. The van der Waals surface area contributed by atoms with Crippen LogP contribution in [0.4, 0.5) is 0 Å². The number of phenolic OH excluding ortho intramolecular Hbond substituents is 1. The number of aryl methyl sites for hydroxylation is 1. The summed E-state index contributed by atoms with van der Waals surface area (Å²) < 4.78 is 16.7. The highest BCUT2D eigenvalue weighted by Gasteiger charge is 2.25. The number of allylic oxidation sites excluding steroid dienone is 2. The molecule has 0 aliphatic carbocycles. The number of aromatic hydroxyl groups is 1. The predicted molar refractivity (Wildman–Crippen MR) is 96.6 cm³/mol. The van der Waals surface area contributed by atoms with Gasteiger partial charge >= 0.3 is 0 Å². The zero-order valence-corrected chi connectivity index (χ0v) is 15.3. The Kier molecular flexibility index (Phi) is 4.76. The van der Waals surface area contributed by atoms with Crippen molar-refractivity contribution >= 4 is 16.8 Å². The second kappa shape index (κ2) is 6.86. The number of carbonyl (C=O) groups excluding carboxylic acids is 1. The molecule has 2 atom stereocenters. The summed E-state index contributed by atoms with van der Waals surface area (Å²) in [7, 11) is 1.49. The van der Waals surface area contributed by atoms with Crippen LogP contribution < -0.4 is 10.2 Å². The SMILES string of the molecule is COc1cc2oc(C)cc(=O)c2c(O)c1CC(C)C1=CC(=O)C[C@H](C)O1. The van der Waals surface area contributed by atoms with Gasteiger partial charge in [-0.1, -0.05) is 6.92 Å². The largest absolute Gasteiger partial charge is 0.507 e. The summed E-state index contributed by atoms with van der Waals surface area (Å²) in [6.45, 7) is 5.42. The van der Waals surface area contributed by atoms with Crippen molar-refractivity contribution in [2.75, 3.05) is 7.11 Å². The fraction of sp³-hybridized carbons (Fsp3) is 0.400. The van der Waals surface area contributed by atoms with Gasteiger partial charge in [0.2, 0.25) is 0 Å². The number of ketones is 1. The molecule has 2 aromatic rings. The maximum absolute atomic E-state index is 12.3. The lowest BCUT2D eigenvalue weighted by Gasteiger charge is -2.25. The number of hydrogen-bond acceptors (Lipinski definition) is 6. The lowest BCUT2D eigenvalue weighted by Crippen LogP contribution is -2.22. The number of phenols is 1. The molecule has 1 unspecified atom stereocenters. The molecule has 1 aromatic carbocycles. The first-order chi connectivity index (χ1) is 12.3. The van der Waals surface area contributed by atoms with Gasteiger partial charge in [0.15, 0.2) is 11.2 Å². The molecule has 1 aliphatic rings. The summed E-state index contributed by atoms with van der Waals surface area (Å²) in [4.78, 5) is 24.1. The van der Waals surface area contributed by atoms with E-state index in [0.717, 1.165) is 0 Å². The molecule has 3 rings (SSSR count). The van der Waals surface area contributed by atoms with Crippen LogP contribution in [-0.4, -0.2) is 24.1 Å². The van der Waals surface area contributed by atoms with Gasteiger partial charge < -0.3 is 19.0 Å². The van der Waals surface area contributed by atoms with Crippen LogP contribution in [-0.2, 0) is 16.0 Å². The first kappa shape index (κ1) is 18.0. The molecule has 0 bridgehead atoms. The summed E-state index contributed by atoms with van der Waals surface area (Å²) in [5, 5.41) is 10.8. The van der Waals surface area contributed by atoms with Crippen LogP contribution in [0.15, 0.2) is 33.2 Å². The average molecular weight is 358 g/mol. The van der Waals surface area contributed by atoms with Crippen LogP contribution in [0.5, 0.6) is 11.5 Å². The first-order valence-corrected chi connectivity index (χ1v) is 8.54. The van der Waals surface area contributed by atoms with E-state index in [1.807, 2.05) is 13.8 Å². The normalized spacial score (nSPS) is 18.4. The molecular formula is C20H22O6. The topological polar surface area (TPSA) is 86.0 Å². The predicted octanol–water partition coefficient (Wildman–Crippen LogP) is 3.26. The second-order valence-electron chi connectivity index (χ2n) is 6.75. The van der Waals surface area contributed by atoms with Gasteiger partial charge in [0.1, 0.15) is 40.1 Å². The average Bonchev–Trinajstić information content (AvgIpc) is 2.55. The number of carbonyl (C=O) groups is 1. The van der Waals surface area contributed by atoms with Crippen LogP contribution in [0.25, 0.3) is 11.0 Å². The number of hydrogen-bond donors (Lipinski definition) is 1. The number of fused-ring (bicyclic) bond motifs is 1. The summed E-state index contributed by atoms with van der Waals surface area (Å²) in [5.74, 6) is 1.15. The van der Waals surface area contributed by atoms with Gasteiger partial charge in [0, 0.05) is 36.1 Å². The first-order valence-electron chi connectivity index (χ1n) is 8.54. The zero-order valence-electron chi connectivity index (χ0n) is 15.3. The Morgan fingerprint density at radius 1 is 1.35 bits per heavy atom. The molecule has 0 fully saturated rings. The zero-order chi connectivity index (χ0) is 19.0. The Morgan fingerprint density at radius 3 is 2.73 bits per heavy atom. The van der Waals surface area contributed by atoms with Gasteiger partial charge in [-0.15, -0.1) is 0 Å². The Hall–Kier alpha value is -2.76. The smallest absolute Gasteiger partial charge is 0.196 e. The summed E-state index contributed by atoms with van der Waals surface area (Å²) >= 11 is 0. The molecule has 138 valence electrons. The third-order valence-corrected chi connectivity index (χ3v) is 4.53. The Labute approximate surface area is 151 Å². The lowest BCUT2D eigenvalue weighted by molar-refractivity contribution is -0.118. The van der Waals surface area contributed by atoms with Crippen LogP contribution in [0, 0.1) is 12.8 Å². The summed E-state index contributed by atoms with van der Waals surface area (Å²) in [6.07, 6.45) is 2.05. The number of rotatable bonds is 4. The van der Waals surface area contributed by atoms with E-state index in [-0.39, 0.29) is 40.0 Å². The number of ether oxygens (including phenoxy) is 2. The third-order valence-electron chi connectivity index (χ3n) is 4.53. The minimum atomic E-state index is -0.310. The fourth-order valence-electron chi connectivity index (χ4n) is 3.29. The molecular weight excluding hydrogens is 336 g/mol. The van der Waals surface area contributed by atoms with Crippen LogP contribution in [0.3, 0.4) is 0 Å². The van der Waals surface area contributed by atoms with Crippen molar-refractivity contribution in [2.45, 2.75) is 39.7 Å². The van der Waals surface area contributed by atoms with Gasteiger partial charge in [-0.2, -0.15) is 0 Å². The monoisotopic (exact) mass is 358 g/mol. The van der Waals surface area contributed by atoms with E-state index in [1.165, 1.54) is 19.3 Å². The van der Waals surface area contributed by atoms with Gasteiger partial charge in [0.25, 0.3) is 0 Å². The Balaban J connectivity index is 2.06. The molecule has 2 heterocycles. The summed E-state index contributed by atoms with van der Waals surface area (Å²) in [6, 6.07) is 2.95. The van der Waals surface area contributed by atoms with Crippen molar-refractivity contribution in [3.8, 4) is 11.5 Å². The van der Waals surface area contributed by atoms with Crippen molar-refractivity contribution in [3.05, 3.63) is 45.5 Å². The molecule has 0 saturated heterocycles. The molecule has 0 spiro atoms. The Bertz CT molecular complexity index is 953. The van der Waals surface area contributed by atoms with E-state index < -0.39 is 0 Å². The maximum Gasteiger partial charge on any atom is 0.196 e. The number of benzene rings is 1. The second-order valence-corrected chi connectivity index (χ2v) is 6.75. The van der Waals surface area contributed by atoms with Gasteiger partial charge in [-0.25, -0.2) is 0 Å². The molecule has 1 aliphatic heterocycles. The molecule has 26 heavy (non-hydrogen) atoms. The van der Waals surface area contributed by atoms with E-state index in [1.54, 1.807) is 13.0 Å². The highest BCUT2D eigenvalue weighted by molar-refractivity contribution is 5.91. The van der Waals surface area contributed by atoms with Crippen LogP contribution in [0.1, 0.15) is 31.6 Å². The van der Waals surface area contributed by atoms with E-state index in [4.69, 9.17) is 13.9 Å². The lowest BCUT2D eigenvalue weighted by atomic mass is 9.94. The molecule has 1 aromatic heterocycles. The molecule has 0 amide bonds. The fourth-order valence-corrected chi connectivity index (χ4v) is 3.29. The van der Waals surface area contributed by atoms with Crippen molar-refractivity contribution in [2.24, 2.45) is 5.92 Å². The quantitative estimate of drug-likeness (QED) is 0.903. The van der Waals surface area contributed by atoms with E-state index >= 15 is 0 Å². The van der Waals surface area contributed by atoms with Crippen molar-refractivity contribution in [1.82, 2.24) is 0 Å². The third kappa shape index (κ3) is 3.31. The standard InChI is InChI=1S/C20H22O6/c1-10(16-8-13(21)6-11(2)25-16)5-14-17(24-4)9-18-19(20(14)23)15(22)7-12(3)26-18/h7-11,23H,5-6H2,1-4H3/t10?,11-/m0/s1. The van der Waals surface area contributed by atoms with E-state index in [0.29, 0.717) is 35.7 Å². The minimum absolute atomic E-state index is 0.0245. The van der Waals surface area contributed by atoms with Crippen molar-refractivity contribution in [1.29, 1.82) is 0 Å². The van der Waals surface area contributed by atoms with Gasteiger partial charge in [0.05, 0.1) is 7.11 Å². The Morgan fingerprint density at radius 2 is 2.08 bits per heavy atom. The van der Waals surface area contributed by atoms with Gasteiger partial charge in [-0.3, -0.25) is 9.59 Å². The molecule has 1 N–H and O–H groups in total. The molecule has 0 saturated carbocycles. The molecule has 6 nitrogen and oxygen atoms in total. The van der Waals surface area contributed by atoms with Gasteiger partial charge in [-0.05, 0) is 20.3 Å². The molecule has 0 radical (unpaired) electrons. The van der Waals surface area contributed by atoms with E-state index in [9.17, 15) is 14.7 Å². The van der Waals surface area contributed by atoms with E-state index in [2.05, 4.69) is 0 Å². The highest BCUT2D eigenvalue weighted by atomic mass is 16.5. The van der Waals surface area contributed by atoms with Crippen molar-refractivity contribution in [3.63, 3.8) is 0 Å². The molecule has 6 heteroatoms. The van der Waals surface area contributed by atoms with Crippen LogP contribution >= 0.6 is 0 Å². The van der Waals surface area contributed by atoms with Crippen molar-refractivity contribution < 1.29 is 23.8 Å². The minimum Gasteiger partial charge on any atom is -0.507 e. The van der Waals surface area contributed by atoms with Crippen LogP contribution in [0.2, 0.25) is 0 Å². The number of methoxy groups -OCH3 is 1.